The van der Waals surface area contributed by atoms with E-state index in [4.69, 9.17) is 0 Å². The fourth-order valence-electron chi connectivity index (χ4n) is 1.78. The molecule has 0 aliphatic heterocycles. The van der Waals surface area contributed by atoms with Crippen molar-refractivity contribution in [2.24, 2.45) is 5.92 Å². The summed E-state index contributed by atoms with van der Waals surface area (Å²) in [5.41, 5.74) is 0.509. The number of benzene rings is 1. The third kappa shape index (κ3) is 2.25. The van der Waals surface area contributed by atoms with Gasteiger partial charge in [0.1, 0.15) is 5.60 Å². The van der Waals surface area contributed by atoms with E-state index >= 15 is 0 Å². The van der Waals surface area contributed by atoms with Crippen molar-refractivity contribution < 1.29 is 14.6 Å². The summed E-state index contributed by atoms with van der Waals surface area (Å²) in [5, 5.41) is 10.4. The molecule has 0 fully saturated rings. The summed E-state index contributed by atoms with van der Waals surface area (Å²) in [6, 6.07) is 7.49. The molecule has 3 nitrogen and oxygen atoms in total. The van der Waals surface area contributed by atoms with Crippen molar-refractivity contribution in [3.8, 4) is 0 Å². The summed E-state index contributed by atoms with van der Waals surface area (Å²) in [6.45, 7) is 5.21. The van der Waals surface area contributed by atoms with E-state index in [1.54, 1.807) is 13.8 Å². The Bertz CT molecular complexity index is 383. The molecule has 1 aromatic carbocycles. The molecule has 0 aliphatic rings. The third-order valence-electron chi connectivity index (χ3n) is 3.09. The average molecular weight is 222 g/mol. The molecule has 1 N–H and O–H groups in total. The lowest BCUT2D eigenvalue weighted by Crippen LogP contribution is -2.36. The molecule has 88 valence electrons. The second-order valence-electron chi connectivity index (χ2n) is 4.21. The van der Waals surface area contributed by atoms with Crippen molar-refractivity contribution in [1.82, 2.24) is 0 Å². The fourth-order valence-corrected chi connectivity index (χ4v) is 1.78. The van der Waals surface area contributed by atoms with Gasteiger partial charge in [-0.1, -0.05) is 24.3 Å². The molecule has 0 aromatic heterocycles. The molecular formula is C13H18O3. The number of ether oxygens (including phenoxy) is 1. The van der Waals surface area contributed by atoms with Crippen molar-refractivity contribution in [3.05, 3.63) is 35.4 Å². The summed E-state index contributed by atoms with van der Waals surface area (Å²) in [7, 11) is 1.33. The minimum absolute atomic E-state index is 0.409. The van der Waals surface area contributed by atoms with E-state index in [2.05, 4.69) is 4.74 Å². The van der Waals surface area contributed by atoms with Gasteiger partial charge < -0.3 is 9.84 Å². The molecule has 0 amide bonds. The summed E-state index contributed by atoms with van der Waals surface area (Å²) in [4.78, 5) is 11.5. The third-order valence-corrected chi connectivity index (χ3v) is 3.09. The number of rotatable bonds is 3. The highest BCUT2D eigenvalue weighted by Gasteiger charge is 2.36. The van der Waals surface area contributed by atoms with E-state index in [0.717, 1.165) is 11.1 Å². The van der Waals surface area contributed by atoms with Gasteiger partial charge in [0, 0.05) is 0 Å². The molecule has 0 bridgehead atoms. The van der Waals surface area contributed by atoms with Gasteiger partial charge in [0.2, 0.25) is 0 Å². The standard InChI is InChI=1S/C13H18O3/c1-9-7-5-6-8-11(9)13(3,15)10(2)12(14)16-4/h5-8,10,15H,1-4H3. The molecule has 1 aromatic rings. The molecule has 2 unspecified atom stereocenters. The van der Waals surface area contributed by atoms with Crippen molar-refractivity contribution in [2.75, 3.05) is 7.11 Å². The minimum Gasteiger partial charge on any atom is -0.469 e. The number of carbonyl (C=O) groups excluding carboxylic acids is 1. The van der Waals surface area contributed by atoms with Crippen molar-refractivity contribution in [1.29, 1.82) is 0 Å². The Morgan fingerprint density at radius 1 is 1.44 bits per heavy atom. The second-order valence-corrected chi connectivity index (χ2v) is 4.21. The summed E-state index contributed by atoms with van der Waals surface area (Å²) < 4.78 is 4.66. The monoisotopic (exact) mass is 222 g/mol. The van der Waals surface area contributed by atoms with Gasteiger partial charge in [0.25, 0.3) is 0 Å². The SMILES string of the molecule is COC(=O)C(C)C(C)(O)c1ccccc1C. The van der Waals surface area contributed by atoms with Crippen molar-refractivity contribution in [3.63, 3.8) is 0 Å². The van der Waals surface area contributed by atoms with Crippen LogP contribution in [-0.4, -0.2) is 18.2 Å². The van der Waals surface area contributed by atoms with Crippen LogP contribution in [0.25, 0.3) is 0 Å². The molecule has 0 aliphatic carbocycles. The number of methoxy groups -OCH3 is 1. The number of aryl methyl sites for hydroxylation is 1. The van der Waals surface area contributed by atoms with Gasteiger partial charge in [-0.2, -0.15) is 0 Å². The first-order chi connectivity index (χ1) is 7.41. The predicted molar refractivity (Wildman–Crippen MR) is 61.9 cm³/mol. The lowest BCUT2D eigenvalue weighted by Gasteiger charge is -2.30. The van der Waals surface area contributed by atoms with Crippen molar-refractivity contribution in [2.45, 2.75) is 26.4 Å². The Labute approximate surface area is 96.1 Å². The van der Waals surface area contributed by atoms with Crippen LogP contribution in [0.15, 0.2) is 24.3 Å². The topological polar surface area (TPSA) is 46.5 Å². The highest BCUT2D eigenvalue weighted by molar-refractivity contribution is 5.73. The molecule has 0 spiro atoms. The van der Waals surface area contributed by atoms with Crippen LogP contribution in [-0.2, 0) is 15.1 Å². The van der Waals surface area contributed by atoms with Gasteiger partial charge in [0.05, 0.1) is 13.0 Å². The molecule has 0 heterocycles. The first-order valence-electron chi connectivity index (χ1n) is 5.27. The Kier molecular flexibility index (Phi) is 3.70. The van der Waals surface area contributed by atoms with Crippen molar-refractivity contribution >= 4 is 5.97 Å². The number of hydrogen-bond donors (Lipinski definition) is 1. The van der Waals surface area contributed by atoms with E-state index < -0.39 is 17.5 Å². The highest BCUT2D eigenvalue weighted by atomic mass is 16.5. The van der Waals surface area contributed by atoms with Crippen LogP contribution >= 0.6 is 0 Å². The lowest BCUT2D eigenvalue weighted by atomic mass is 9.82. The van der Waals surface area contributed by atoms with E-state index in [9.17, 15) is 9.90 Å². The molecule has 3 heteroatoms. The summed E-state index contributed by atoms with van der Waals surface area (Å²) >= 11 is 0. The number of esters is 1. The molecule has 0 radical (unpaired) electrons. The van der Waals surface area contributed by atoms with Crippen LogP contribution in [0.4, 0.5) is 0 Å². The number of hydrogen-bond acceptors (Lipinski definition) is 3. The van der Waals surface area contributed by atoms with Gasteiger partial charge in [0.15, 0.2) is 0 Å². The normalized spacial score (nSPS) is 16.3. The maximum atomic E-state index is 11.5. The van der Waals surface area contributed by atoms with Gasteiger partial charge >= 0.3 is 5.97 Å². The molecule has 0 saturated heterocycles. The smallest absolute Gasteiger partial charge is 0.311 e. The van der Waals surface area contributed by atoms with Crippen LogP contribution in [0.5, 0.6) is 0 Å². The van der Waals surface area contributed by atoms with E-state index in [1.165, 1.54) is 7.11 Å². The van der Waals surface area contributed by atoms with Gasteiger partial charge in [-0.25, -0.2) is 0 Å². The van der Waals surface area contributed by atoms with Gasteiger partial charge in [-0.3, -0.25) is 4.79 Å². The molecule has 2 atom stereocenters. The van der Waals surface area contributed by atoms with Crippen LogP contribution in [0.2, 0.25) is 0 Å². The van der Waals surface area contributed by atoms with Crippen LogP contribution in [0.3, 0.4) is 0 Å². The van der Waals surface area contributed by atoms with Gasteiger partial charge in [-0.05, 0) is 31.9 Å². The minimum atomic E-state index is -1.21. The quantitative estimate of drug-likeness (QED) is 0.796. The Morgan fingerprint density at radius 3 is 2.50 bits per heavy atom. The number of aliphatic hydroxyl groups is 1. The van der Waals surface area contributed by atoms with E-state index in [-0.39, 0.29) is 0 Å². The second kappa shape index (κ2) is 4.66. The zero-order chi connectivity index (χ0) is 12.3. The van der Waals surface area contributed by atoms with Crippen LogP contribution in [0, 0.1) is 12.8 Å². The molecular weight excluding hydrogens is 204 g/mol. The maximum absolute atomic E-state index is 11.5. The van der Waals surface area contributed by atoms with E-state index in [1.807, 2.05) is 31.2 Å². The first-order valence-corrected chi connectivity index (χ1v) is 5.27. The van der Waals surface area contributed by atoms with Crippen LogP contribution in [0.1, 0.15) is 25.0 Å². The highest BCUT2D eigenvalue weighted by Crippen LogP contribution is 2.31. The zero-order valence-corrected chi connectivity index (χ0v) is 10.2. The first kappa shape index (κ1) is 12.7. The Balaban J connectivity index is 3.11. The average Bonchev–Trinajstić information content (AvgIpc) is 2.27. The molecule has 1 rings (SSSR count). The zero-order valence-electron chi connectivity index (χ0n) is 10.2. The van der Waals surface area contributed by atoms with Crippen LogP contribution < -0.4 is 0 Å². The molecule has 0 saturated carbocycles. The Morgan fingerprint density at radius 2 is 2.00 bits per heavy atom. The summed E-state index contributed by atoms with van der Waals surface area (Å²) in [5.74, 6) is -1.01. The largest absolute Gasteiger partial charge is 0.469 e. The van der Waals surface area contributed by atoms with Gasteiger partial charge in [-0.15, -0.1) is 0 Å². The molecule has 16 heavy (non-hydrogen) atoms. The lowest BCUT2D eigenvalue weighted by molar-refractivity contribution is -0.154. The summed E-state index contributed by atoms with van der Waals surface area (Å²) in [6.07, 6.45) is 0. The van der Waals surface area contributed by atoms with E-state index in [0.29, 0.717) is 0 Å². The predicted octanol–water partition coefficient (Wildman–Crippen LogP) is 2.01. The fraction of sp³-hybridized carbons (Fsp3) is 0.462. The maximum Gasteiger partial charge on any atom is 0.311 e. The Hall–Kier alpha value is -1.35. The number of carbonyl (C=O) groups is 1.